The molecule has 0 aliphatic carbocycles. The number of carbonyl (C=O) groups excluding carboxylic acids is 1. The molecule has 1 atom stereocenters. The molecule has 6 nitrogen and oxygen atoms in total. The number of nitrogens with one attached hydrogen (secondary N) is 2. The van der Waals surface area contributed by atoms with E-state index in [1.807, 2.05) is 6.92 Å². The predicted octanol–water partition coefficient (Wildman–Crippen LogP) is 1.50. The summed E-state index contributed by atoms with van der Waals surface area (Å²) in [7, 11) is 1.54. The van der Waals surface area contributed by atoms with E-state index in [0.717, 1.165) is 12.8 Å². The molecule has 1 unspecified atom stereocenters. The van der Waals surface area contributed by atoms with Crippen LogP contribution >= 0.6 is 0 Å². The van der Waals surface area contributed by atoms with Gasteiger partial charge in [-0.15, -0.1) is 0 Å². The van der Waals surface area contributed by atoms with Gasteiger partial charge in [-0.2, -0.15) is 0 Å². The highest BCUT2D eigenvalue weighted by atomic mass is 16.4. The van der Waals surface area contributed by atoms with Gasteiger partial charge in [0.25, 0.3) is 5.91 Å². The first kappa shape index (κ1) is 14.9. The number of carboxylic acids is 1. The number of pyridine rings is 1. The van der Waals surface area contributed by atoms with Crippen LogP contribution in [0.5, 0.6) is 0 Å². The number of nitrogens with zero attached hydrogens (tertiary/aromatic N) is 1. The third-order valence-electron chi connectivity index (χ3n) is 2.65. The molecule has 3 N–H and O–H groups in total. The highest BCUT2D eigenvalue weighted by molar-refractivity contribution is 5.92. The highest BCUT2D eigenvalue weighted by Gasteiger charge is 2.13. The molecule has 19 heavy (non-hydrogen) atoms. The molecule has 0 radical (unpaired) electrons. The van der Waals surface area contributed by atoms with Gasteiger partial charge >= 0.3 is 5.97 Å². The van der Waals surface area contributed by atoms with E-state index in [9.17, 15) is 9.59 Å². The van der Waals surface area contributed by atoms with Gasteiger partial charge in [0.1, 0.15) is 5.69 Å². The SMILES string of the molecule is CCCC(CC(=O)O)Nc1ccnc(C(=O)NC)c1. The predicted molar refractivity (Wildman–Crippen MR) is 72.2 cm³/mol. The number of hydrogen-bond donors (Lipinski definition) is 3. The molecule has 104 valence electrons. The Morgan fingerprint density at radius 3 is 2.79 bits per heavy atom. The molecule has 0 aliphatic heterocycles. The van der Waals surface area contributed by atoms with Gasteiger partial charge in [0.15, 0.2) is 0 Å². The van der Waals surface area contributed by atoms with Crippen molar-refractivity contribution in [3.05, 3.63) is 24.0 Å². The fourth-order valence-corrected chi connectivity index (χ4v) is 1.79. The minimum Gasteiger partial charge on any atom is -0.481 e. The van der Waals surface area contributed by atoms with E-state index in [0.29, 0.717) is 11.4 Å². The number of carbonyl (C=O) groups is 2. The van der Waals surface area contributed by atoms with E-state index in [1.54, 1.807) is 12.1 Å². The number of amides is 1. The van der Waals surface area contributed by atoms with E-state index in [4.69, 9.17) is 5.11 Å². The van der Waals surface area contributed by atoms with Crippen LogP contribution < -0.4 is 10.6 Å². The number of aromatic nitrogens is 1. The Balaban J connectivity index is 2.78. The maximum Gasteiger partial charge on any atom is 0.305 e. The van der Waals surface area contributed by atoms with E-state index < -0.39 is 5.97 Å². The second-order valence-electron chi connectivity index (χ2n) is 4.24. The monoisotopic (exact) mass is 265 g/mol. The minimum atomic E-state index is -0.841. The summed E-state index contributed by atoms with van der Waals surface area (Å²) in [6.45, 7) is 2.00. The van der Waals surface area contributed by atoms with E-state index in [1.165, 1.54) is 13.2 Å². The number of carboxylic acid groups (broad SMARTS) is 1. The van der Waals surface area contributed by atoms with Gasteiger partial charge in [-0.1, -0.05) is 13.3 Å². The fourth-order valence-electron chi connectivity index (χ4n) is 1.79. The molecular formula is C13H19N3O3. The molecule has 0 aliphatic rings. The minimum absolute atomic E-state index is 0.0471. The number of hydrogen-bond acceptors (Lipinski definition) is 4. The Bertz CT molecular complexity index is 449. The van der Waals surface area contributed by atoms with E-state index in [2.05, 4.69) is 15.6 Å². The van der Waals surface area contributed by atoms with Crippen molar-refractivity contribution < 1.29 is 14.7 Å². The smallest absolute Gasteiger partial charge is 0.305 e. The molecule has 0 bridgehead atoms. The van der Waals surface area contributed by atoms with Gasteiger partial charge < -0.3 is 15.7 Å². The van der Waals surface area contributed by atoms with Crippen LogP contribution in [-0.4, -0.2) is 35.1 Å². The molecule has 1 amide bonds. The summed E-state index contributed by atoms with van der Waals surface area (Å²) in [5.41, 5.74) is 1.01. The quantitative estimate of drug-likeness (QED) is 0.695. The van der Waals surface area contributed by atoms with Gasteiger partial charge in [-0.05, 0) is 18.6 Å². The van der Waals surface area contributed by atoms with Crippen molar-refractivity contribution in [3.63, 3.8) is 0 Å². The number of anilines is 1. The van der Waals surface area contributed by atoms with Crippen molar-refractivity contribution in [1.29, 1.82) is 0 Å². The van der Waals surface area contributed by atoms with Crippen molar-refractivity contribution in [2.24, 2.45) is 0 Å². The summed E-state index contributed by atoms with van der Waals surface area (Å²) in [6.07, 6.45) is 3.21. The van der Waals surface area contributed by atoms with Gasteiger partial charge in [0.05, 0.1) is 6.42 Å². The summed E-state index contributed by atoms with van der Waals surface area (Å²) in [5.74, 6) is -1.11. The third-order valence-corrected chi connectivity index (χ3v) is 2.65. The van der Waals surface area contributed by atoms with Crippen molar-refractivity contribution in [2.45, 2.75) is 32.2 Å². The Morgan fingerprint density at radius 2 is 2.21 bits per heavy atom. The molecule has 1 aromatic heterocycles. The topological polar surface area (TPSA) is 91.3 Å². The third kappa shape index (κ3) is 4.95. The van der Waals surface area contributed by atoms with Crippen LogP contribution in [0, 0.1) is 0 Å². The van der Waals surface area contributed by atoms with Crippen LogP contribution in [0.2, 0.25) is 0 Å². The lowest BCUT2D eigenvalue weighted by molar-refractivity contribution is -0.137. The van der Waals surface area contributed by atoms with Crippen LogP contribution in [0.4, 0.5) is 5.69 Å². The summed E-state index contributed by atoms with van der Waals surface area (Å²) in [4.78, 5) is 26.2. The van der Waals surface area contributed by atoms with E-state index in [-0.39, 0.29) is 18.4 Å². The summed E-state index contributed by atoms with van der Waals surface area (Å²) in [5, 5.41) is 14.5. The van der Waals surface area contributed by atoms with Gasteiger partial charge in [0, 0.05) is 25.0 Å². The molecule has 0 saturated carbocycles. The maximum absolute atomic E-state index is 11.5. The normalized spacial score (nSPS) is 11.7. The lowest BCUT2D eigenvalue weighted by Gasteiger charge is -2.17. The van der Waals surface area contributed by atoms with Crippen molar-refractivity contribution in [1.82, 2.24) is 10.3 Å². The molecule has 1 heterocycles. The van der Waals surface area contributed by atoms with Gasteiger partial charge in [-0.3, -0.25) is 14.6 Å². The molecular weight excluding hydrogens is 246 g/mol. The second-order valence-corrected chi connectivity index (χ2v) is 4.24. The first-order valence-electron chi connectivity index (χ1n) is 6.23. The molecule has 6 heteroatoms. The Morgan fingerprint density at radius 1 is 1.47 bits per heavy atom. The van der Waals surface area contributed by atoms with Crippen LogP contribution in [0.15, 0.2) is 18.3 Å². The number of rotatable bonds is 7. The first-order chi connectivity index (χ1) is 9.06. The Hall–Kier alpha value is -2.11. The summed E-state index contributed by atoms with van der Waals surface area (Å²) >= 11 is 0. The second kappa shape index (κ2) is 7.35. The van der Waals surface area contributed by atoms with Gasteiger partial charge in [-0.25, -0.2) is 0 Å². The van der Waals surface area contributed by atoms with Gasteiger partial charge in [0.2, 0.25) is 0 Å². The molecule has 0 aromatic carbocycles. The van der Waals surface area contributed by atoms with Crippen LogP contribution in [0.1, 0.15) is 36.7 Å². The van der Waals surface area contributed by atoms with Crippen molar-refractivity contribution >= 4 is 17.6 Å². The zero-order chi connectivity index (χ0) is 14.3. The zero-order valence-corrected chi connectivity index (χ0v) is 11.1. The highest BCUT2D eigenvalue weighted by Crippen LogP contribution is 2.14. The summed E-state index contributed by atoms with van der Waals surface area (Å²) in [6, 6.07) is 3.18. The fraction of sp³-hybridized carbons (Fsp3) is 0.462. The average molecular weight is 265 g/mol. The van der Waals surface area contributed by atoms with Crippen LogP contribution in [0.3, 0.4) is 0 Å². The zero-order valence-electron chi connectivity index (χ0n) is 11.1. The average Bonchev–Trinajstić information content (AvgIpc) is 2.37. The Labute approximate surface area is 112 Å². The Kier molecular flexibility index (Phi) is 5.78. The largest absolute Gasteiger partial charge is 0.481 e. The number of aliphatic carboxylic acids is 1. The lowest BCUT2D eigenvalue weighted by Crippen LogP contribution is -2.24. The molecule has 1 aromatic rings. The molecule has 0 fully saturated rings. The molecule has 0 saturated heterocycles. The van der Waals surface area contributed by atoms with Crippen LogP contribution in [0.25, 0.3) is 0 Å². The molecule has 0 spiro atoms. The summed E-state index contributed by atoms with van der Waals surface area (Å²) < 4.78 is 0. The standard InChI is InChI=1S/C13H19N3O3/c1-3-4-9(8-12(17)18)16-10-5-6-15-11(7-10)13(19)14-2/h5-7,9H,3-4,8H2,1-2H3,(H,14,19)(H,15,16)(H,17,18). The molecule has 1 rings (SSSR count). The van der Waals surface area contributed by atoms with Crippen molar-refractivity contribution in [3.8, 4) is 0 Å². The maximum atomic E-state index is 11.5. The first-order valence-corrected chi connectivity index (χ1v) is 6.23. The van der Waals surface area contributed by atoms with Crippen molar-refractivity contribution in [2.75, 3.05) is 12.4 Å². The lowest BCUT2D eigenvalue weighted by atomic mass is 10.1. The van der Waals surface area contributed by atoms with Crippen LogP contribution in [-0.2, 0) is 4.79 Å². The van der Waals surface area contributed by atoms with E-state index >= 15 is 0 Å².